The number of aromatic nitrogens is 3. The molecule has 0 atom stereocenters. The van der Waals surface area contributed by atoms with Gasteiger partial charge in [0.25, 0.3) is 0 Å². The smallest absolute Gasteiger partial charge is 0.232 e. The number of hydrogen-bond acceptors (Lipinski definition) is 7. The quantitative estimate of drug-likeness (QED) is 0.313. The summed E-state index contributed by atoms with van der Waals surface area (Å²) in [5, 5.41) is 8.07. The Balaban J connectivity index is 1.24. The number of para-hydroxylation sites is 1. The average Bonchev–Trinajstić information content (AvgIpc) is 3.57. The van der Waals surface area contributed by atoms with Gasteiger partial charge in [-0.2, -0.15) is 5.10 Å². The predicted octanol–water partition coefficient (Wildman–Crippen LogP) is 3.80. The van der Waals surface area contributed by atoms with Crippen LogP contribution in [0.1, 0.15) is 29.8 Å². The Hall–Kier alpha value is -3.63. The minimum absolute atomic E-state index is 0.442. The molecule has 0 unspecified atom stereocenters. The van der Waals surface area contributed by atoms with E-state index in [1.165, 1.54) is 36.5 Å². The number of nitrogens with zero attached hydrogens (tertiary/aromatic N) is 5. The van der Waals surface area contributed by atoms with Crippen LogP contribution in [0.15, 0.2) is 66.9 Å². The summed E-state index contributed by atoms with van der Waals surface area (Å²) in [5.74, 6) is 1.60. The highest BCUT2D eigenvalue weighted by atomic mass is 32.2. The number of pyridine rings is 1. The molecule has 1 aliphatic heterocycles. The zero-order valence-electron chi connectivity index (χ0n) is 21.9. The largest absolute Gasteiger partial charge is 0.492 e. The fraction of sp³-hybridized carbons (Fsp3) is 0.357. The lowest BCUT2D eigenvalue weighted by Gasteiger charge is -2.20. The van der Waals surface area contributed by atoms with Gasteiger partial charge in [-0.25, -0.2) is 17.9 Å². The molecule has 38 heavy (non-hydrogen) atoms. The molecular formula is C28H34N6O3S. The summed E-state index contributed by atoms with van der Waals surface area (Å²) in [7, 11) is -1.80. The second-order valence-corrected chi connectivity index (χ2v) is 11.7. The number of fused-ring (bicyclic) bond motifs is 1. The van der Waals surface area contributed by atoms with Crippen molar-refractivity contribution < 1.29 is 13.2 Å². The van der Waals surface area contributed by atoms with Gasteiger partial charge in [-0.15, -0.1) is 0 Å². The van der Waals surface area contributed by atoms with Crippen molar-refractivity contribution in [1.29, 1.82) is 0 Å². The maximum absolute atomic E-state index is 12.1. The molecule has 0 bridgehead atoms. The number of rotatable bonds is 11. The lowest BCUT2D eigenvalue weighted by Crippen LogP contribution is -2.26. The molecule has 5 rings (SSSR count). The molecule has 2 aromatic heterocycles. The zero-order chi connectivity index (χ0) is 26.5. The van der Waals surface area contributed by atoms with Crippen LogP contribution in [-0.4, -0.2) is 67.5 Å². The first-order valence-corrected chi connectivity index (χ1v) is 14.8. The molecule has 0 aliphatic carbocycles. The van der Waals surface area contributed by atoms with E-state index in [9.17, 15) is 8.42 Å². The van der Waals surface area contributed by atoms with E-state index in [0.29, 0.717) is 25.3 Å². The summed E-state index contributed by atoms with van der Waals surface area (Å²) >= 11 is 0. The van der Waals surface area contributed by atoms with Gasteiger partial charge in [-0.05, 0) is 67.4 Å². The van der Waals surface area contributed by atoms with Gasteiger partial charge < -0.3 is 10.1 Å². The third kappa shape index (κ3) is 6.25. The zero-order valence-corrected chi connectivity index (χ0v) is 22.7. The Labute approximate surface area is 224 Å². The van der Waals surface area contributed by atoms with E-state index < -0.39 is 10.0 Å². The molecule has 1 N–H and O–H groups in total. The lowest BCUT2D eigenvalue weighted by atomic mass is 10.1. The van der Waals surface area contributed by atoms with Gasteiger partial charge in [0.15, 0.2) is 11.5 Å². The summed E-state index contributed by atoms with van der Waals surface area (Å²) in [6, 6.07) is 19.4. The lowest BCUT2D eigenvalue weighted by molar-refractivity contribution is 0.238. The average molecular weight is 535 g/mol. The Bertz CT molecular complexity index is 1480. The fourth-order valence-corrected chi connectivity index (χ4v) is 5.22. The van der Waals surface area contributed by atoms with Crippen LogP contribution < -0.4 is 14.4 Å². The molecule has 200 valence electrons. The van der Waals surface area contributed by atoms with Gasteiger partial charge in [-0.1, -0.05) is 30.3 Å². The number of likely N-dealkylation sites (tertiary alicyclic amines) is 1. The number of anilines is 2. The Morgan fingerprint density at radius 2 is 1.79 bits per heavy atom. The first kappa shape index (κ1) is 26.0. The molecule has 0 spiro atoms. The van der Waals surface area contributed by atoms with Crippen LogP contribution in [0.2, 0.25) is 0 Å². The number of nitrogens with one attached hydrogen (secondary N) is 1. The second-order valence-electron chi connectivity index (χ2n) is 9.65. The highest BCUT2D eigenvalue weighted by Gasteiger charge is 2.16. The van der Waals surface area contributed by atoms with Crippen molar-refractivity contribution in [1.82, 2.24) is 19.5 Å². The van der Waals surface area contributed by atoms with Gasteiger partial charge in [0.2, 0.25) is 10.0 Å². The van der Waals surface area contributed by atoms with Crippen molar-refractivity contribution in [2.45, 2.75) is 25.8 Å². The van der Waals surface area contributed by atoms with Gasteiger partial charge >= 0.3 is 0 Å². The standard InChI is InChI=1S/C28H34N6O3S/c1-32(38(2,35)36)26-10-4-3-8-23(26)21-29-25-9-7-17-34-28(25)30-27(31-34)20-22-11-13-24(14-12-22)37-19-18-33-15-5-6-16-33/h3-4,7-14,17,29H,5-6,15-16,18-21H2,1-2H3. The van der Waals surface area contributed by atoms with Gasteiger partial charge in [0.1, 0.15) is 12.4 Å². The number of benzene rings is 2. The van der Waals surface area contributed by atoms with E-state index in [-0.39, 0.29) is 0 Å². The Morgan fingerprint density at radius 3 is 2.55 bits per heavy atom. The molecule has 0 radical (unpaired) electrons. The summed E-state index contributed by atoms with van der Waals surface area (Å²) in [6.45, 7) is 4.48. The third-order valence-corrected chi connectivity index (χ3v) is 8.06. The Morgan fingerprint density at radius 1 is 1.03 bits per heavy atom. The van der Waals surface area contributed by atoms with E-state index in [2.05, 4.69) is 27.4 Å². The van der Waals surface area contributed by atoms with Gasteiger partial charge in [0.05, 0.1) is 17.6 Å². The molecule has 0 saturated carbocycles. The number of ether oxygens (including phenoxy) is 1. The SMILES string of the molecule is CN(c1ccccc1CNc1cccn2nc(Cc3ccc(OCCN4CCCC4)cc3)nc12)S(C)(=O)=O. The molecule has 1 aliphatic rings. The molecule has 4 aromatic rings. The molecular weight excluding hydrogens is 500 g/mol. The number of hydrogen-bond donors (Lipinski definition) is 1. The maximum Gasteiger partial charge on any atom is 0.232 e. The van der Waals surface area contributed by atoms with E-state index in [1.807, 2.05) is 48.7 Å². The van der Waals surface area contributed by atoms with Crippen LogP contribution >= 0.6 is 0 Å². The summed E-state index contributed by atoms with van der Waals surface area (Å²) < 4.78 is 33.1. The maximum atomic E-state index is 12.1. The third-order valence-electron chi connectivity index (χ3n) is 6.86. The molecule has 3 heterocycles. The topological polar surface area (TPSA) is 92.1 Å². The summed E-state index contributed by atoms with van der Waals surface area (Å²) in [6.07, 6.45) is 6.27. The van der Waals surface area contributed by atoms with Crippen molar-refractivity contribution in [3.05, 3.63) is 83.8 Å². The minimum Gasteiger partial charge on any atom is -0.492 e. The minimum atomic E-state index is -3.36. The fourth-order valence-electron chi connectivity index (χ4n) is 4.68. The first-order valence-electron chi connectivity index (χ1n) is 12.9. The van der Waals surface area contributed by atoms with Crippen molar-refractivity contribution in [3.63, 3.8) is 0 Å². The first-order chi connectivity index (χ1) is 18.4. The summed E-state index contributed by atoms with van der Waals surface area (Å²) in [5.41, 5.74) is 4.16. The van der Waals surface area contributed by atoms with Crippen molar-refractivity contribution in [3.8, 4) is 5.75 Å². The van der Waals surface area contributed by atoms with E-state index in [0.717, 1.165) is 40.6 Å². The van der Waals surface area contributed by atoms with Crippen LogP contribution in [0.5, 0.6) is 5.75 Å². The van der Waals surface area contributed by atoms with Crippen LogP contribution in [0, 0.1) is 0 Å². The monoisotopic (exact) mass is 534 g/mol. The predicted molar refractivity (Wildman–Crippen MR) is 150 cm³/mol. The highest BCUT2D eigenvalue weighted by Crippen LogP contribution is 2.24. The van der Waals surface area contributed by atoms with E-state index in [1.54, 1.807) is 17.6 Å². The van der Waals surface area contributed by atoms with Gasteiger partial charge in [0, 0.05) is 32.8 Å². The van der Waals surface area contributed by atoms with E-state index >= 15 is 0 Å². The van der Waals surface area contributed by atoms with Crippen LogP contribution in [0.4, 0.5) is 11.4 Å². The van der Waals surface area contributed by atoms with E-state index in [4.69, 9.17) is 9.72 Å². The normalized spacial score (nSPS) is 14.2. The van der Waals surface area contributed by atoms with Crippen molar-refractivity contribution >= 4 is 27.0 Å². The van der Waals surface area contributed by atoms with Crippen molar-refractivity contribution in [2.75, 3.05) is 49.2 Å². The van der Waals surface area contributed by atoms with Crippen LogP contribution in [-0.2, 0) is 23.0 Å². The van der Waals surface area contributed by atoms with Gasteiger partial charge in [-0.3, -0.25) is 9.21 Å². The molecule has 2 aromatic carbocycles. The molecule has 1 saturated heterocycles. The molecule has 10 heteroatoms. The molecule has 9 nitrogen and oxygen atoms in total. The number of sulfonamides is 1. The highest BCUT2D eigenvalue weighted by molar-refractivity contribution is 7.92. The van der Waals surface area contributed by atoms with Crippen LogP contribution in [0.3, 0.4) is 0 Å². The molecule has 1 fully saturated rings. The second kappa shape index (κ2) is 11.4. The van der Waals surface area contributed by atoms with Crippen LogP contribution in [0.25, 0.3) is 5.65 Å². The molecule has 0 amide bonds. The van der Waals surface area contributed by atoms with Crippen molar-refractivity contribution in [2.24, 2.45) is 0 Å². The summed E-state index contributed by atoms with van der Waals surface area (Å²) in [4.78, 5) is 7.22. The Kier molecular flexibility index (Phi) is 7.80.